The van der Waals surface area contributed by atoms with Crippen molar-refractivity contribution >= 4 is 5.91 Å². The van der Waals surface area contributed by atoms with Gasteiger partial charge in [0.15, 0.2) is 0 Å². The number of nitrogens with zero attached hydrogens (tertiary/aromatic N) is 2. The Labute approximate surface area is 98.0 Å². The second kappa shape index (κ2) is 6.83. The van der Waals surface area contributed by atoms with Gasteiger partial charge in [0.05, 0.1) is 0 Å². The van der Waals surface area contributed by atoms with E-state index >= 15 is 0 Å². The van der Waals surface area contributed by atoms with E-state index in [1.807, 2.05) is 0 Å². The molecule has 1 rings (SSSR count). The van der Waals surface area contributed by atoms with E-state index in [2.05, 4.69) is 22.2 Å². The lowest BCUT2D eigenvalue weighted by Gasteiger charge is -2.39. The zero-order chi connectivity index (χ0) is 12.0. The molecule has 1 amide bonds. The summed E-state index contributed by atoms with van der Waals surface area (Å²) < 4.78 is 0. The van der Waals surface area contributed by atoms with Crippen molar-refractivity contribution in [1.82, 2.24) is 15.1 Å². The Morgan fingerprint density at radius 2 is 2.25 bits per heavy atom. The molecule has 0 aliphatic carbocycles. The third-order valence-electron chi connectivity index (χ3n) is 3.21. The van der Waals surface area contributed by atoms with Crippen LogP contribution in [0.5, 0.6) is 0 Å². The number of nitrogens with one attached hydrogen (secondary N) is 1. The molecule has 0 radical (unpaired) electrons. The van der Waals surface area contributed by atoms with Crippen molar-refractivity contribution in [2.24, 2.45) is 5.73 Å². The summed E-state index contributed by atoms with van der Waals surface area (Å²) in [6, 6.07) is 0.448. The lowest BCUT2D eigenvalue weighted by molar-refractivity contribution is -0.120. The second-order valence-corrected chi connectivity index (χ2v) is 4.46. The van der Waals surface area contributed by atoms with E-state index in [-0.39, 0.29) is 5.91 Å². The van der Waals surface area contributed by atoms with Crippen LogP contribution in [0.2, 0.25) is 0 Å². The Bertz CT molecular complexity index is 222. The fourth-order valence-electron chi connectivity index (χ4n) is 2.13. The highest BCUT2D eigenvalue weighted by Gasteiger charge is 2.23. The van der Waals surface area contributed by atoms with Crippen LogP contribution < -0.4 is 11.1 Å². The average Bonchev–Trinajstić information content (AvgIpc) is 2.30. The molecule has 1 unspecified atom stereocenters. The van der Waals surface area contributed by atoms with E-state index in [1.165, 1.54) is 0 Å². The Hall–Kier alpha value is -0.650. The van der Waals surface area contributed by atoms with Gasteiger partial charge < -0.3 is 16.0 Å². The Morgan fingerprint density at radius 3 is 2.88 bits per heavy atom. The molecule has 5 nitrogen and oxygen atoms in total. The summed E-state index contributed by atoms with van der Waals surface area (Å²) in [4.78, 5) is 15.8. The molecule has 1 heterocycles. The molecule has 0 bridgehead atoms. The summed E-state index contributed by atoms with van der Waals surface area (Å²) in [5, 5.41) is 2.64. The number of likely N-dealkylation sites (N-methyl/N-ethyl adjacent to an activating group) is 1. The smallest absolute Gasteiger partial charge is 0.219 e. The van der Waals surface area contributed by atoms with Crippen LogP contribution in [0.25, 0.3) is 0 Å². The van der Waals surface area contributed by atoms with Crippen LogP contribution in [0.15, 0.2) is 0 Å². The first kappa shape index (κ1) is 13.4. The van der Waals surface area contributed by atoms with E-state index in [0.29, 0.717) is 19.0 Å². The lowest BCUT2D eigenvalue weighted by Crippen LogP contribution is -2.54. The molecule has 3 N–H and O–H groups in total. The highest BCUT2D eigenvalue weighted by atomic mass is 16.1. The molecular formula is C11H24N4O. The SMILES string of the molecule is CNC(=O)CCCN1CCN(C)CC1CN. The fraction of sp³-hybridized carbons (Fsp3) is 0.909. The fourth-order valence-corrected chi connectivity index (χ4v) is 2.13. The van der Waals surface area contributed by atoms with E-state index in [1.54, 1.807) is 7.05 Å². The van der Waals surface area contributed by atoms with Gasteiger partial charge in [-0.25, -0.2) is 0 Å². The quantitative estimate of drug-likeness (QED) is 0.639. The molecule has 1 aliphatic rings. The molecule has 1 fully saturated rings. The van der Waals surface area contributed by atoms with Crippen molar-refractivity contribution < 1.29 is 4.79 Å². The number of hydrogen-bond donors (Lipinski definition) is 2. The van der Waals surface area contributed by atoms with Gasteiger partial charge in [-0.2, -0.15) is 0 Å². The molecular weight excluding hydrogens is 204 g/mol. The topological polar surface area (TPSA) is 61.6 Å². The summed E-state index contributed by atoms with van der Waals surface area (Å²) in [5.74, 6) is 0.124. The number of carbonyl (C=O) groups is 1. The van der Waals surface area contributed by atoms with Crippen LogP contribution in [0.4, 0.5) is 0 Å². The number of piperazine rings is 1. The maximum Gasteiger partial charge on any atom is 0.219 e. The van der Waals surface area contributed by atoms with Crippen LogP contribution in [0.3, 0.4) is 0 Å². The molecule has 5 heteroatoms. The van der Waals surface area contributed by atoms with E-state index in [0.717, 1.165) is 32.6 Å². The summed E-state index contributed by atoms with van der Waals surface area (Å²) in [7, 11) is 3.81. The third-order valence-corrected chi connectivity index (χ3v) is 3.21. The molecule has 1 saturated heterocycles. The predicted molar refractivity (Wildman–Crippen MR) is 65.2 cm³/mol. The van der Waals surface area contributed by atoms with Gasteiger partial charge in [0.2, 0.25) is 5.91 Å². The van der Waals surface area contributed by atoms with Gasteiger partial charge in [-0.05, 0) is 20.0 Å². The number of carbonyl (C=O) groups excluding carboxylic acids is 1. The van der Waals surface area contributed by atoms with Crippen LogP contribution >= 0.6 is 0 Å². The van der Waals surface area contributed by atoms with Gasteiger partial charge >= 0.3 is 0 Å². The van der Waals surface area contributed by atoms with Crippen molar-refractivity contribution in [3.63, 3.8) is 0 Å². The Kier molecular flexibility index (Phi) is 5.73. The molecule has 0 saturated carbocycles. The first-order valence-electron chi connectivity index (χ1n) is 6.00. The number of rotatable bonds is 5. The average molecular weight is 228 g/mol. The van der Waals surface area contributed by atoms with Gasteiger partial charge in [0.25, 0.3) is 0 Å². The molecule has 94 valence electrons. The minimum atomic E-state index is 0.124. The zero-order valence-corrected chi connectivity index (χ0v) is 10.4. The van der Waals surface area contributed by atoms with Gasteiger partial charge in [0.1, 0.15) is 0 Å². The standard InChI is InChI=1S/C11H24N4O/c1-13-11(16)4-3-5-15-7-6-14(2)9-10(15)8-12/h10H,3-9,12H2,1-2H3,(H,13,16). The largest absolute Gasteiger partial charge is 0.359 e. The van der Waals surface area contributed by atoms with Gasteiger partial charge in [-0.1, -0.05) is 0 Å². The second-order valence-electron chi connectivity index (χ2n) is 4.46. The van der Waals surface area contributed by atoms with Crippen molar-refractivity contribution in [1.29, 1.82) is 0 Å². The van der Waals surface area contributed by atoms with E-state index < -0.39 is 0 Å². The molecule has 0 spiro atoms. The first-order valence-corrected chi connectivity index (χ1v) is 6.00. The van der Waals surface area contributed by atoms with Crippen LogP contribution in [0, 0.1) is 0 Å². The molecule has 0 aromatic heterocycles. The molecule has 1 atom stereocenters. The first-order chi connectivity index (χ1) is 7.67. The van der Waals surface area contributed by atoms with Gasteiger partial charge in [-0.3, -0.25) is 9.69 Å². The monoisotopic (exact) mass is 228 g/mol. The molecule has 0 aromatic rings. The molecule has 16 heavy (non-hydrogen) atoms. The highest BCUT2D eigenvalue weighted by Crippen LogP contribution is 2.08. The van der Waals surface area contributed by atoms with Crippen molar-refractivity contribution in [3.05, 3.63) is 0 Å². The number of nitrogens with two attached hydrogens (primary N) is 1. The summed E-state index contributed by atoms with van der Waals surface area (Å²) in [6.45, 7) is 4.87. The summed E-state index contributed by atoms with van der Waals surface area (Å²) >= 11 is 0. The lowest BCUT2D eigenvalue weighted by atomic mass is 10.1. The number of hydrogen-bond acceptors (Lipinski definition) is 4. The zero-order valence-electron chi connectivity index (χ0n) is 10.4. The van der Waals surface area contributed by atoms with Gasteiger partial charge in [-0.15, -0.1) is 0 Å². The highest BCUT2D eigenvalue weighted by molar-refractivity contribution is 5.75. The Balaban J connectivity index is 2.26. The maximum absolute atomic E-state index is 11.1. The normalized spacial score (nSPS) is 23.3. The van der Waals surface area contributed by atoms with Crippen molar-refractivity contribution in [2.75, 3.05) is 46.8 Å². The molecule has 1 aliphatic heterocycles. The Morgan fingerprint density at radius 1 is 1.50 bits per heavy atom. The molecule has 0 aromatic carbocycles. The van der Waals surface area contributed by atoms with Gasteiger partial charge in [0, 0.05) is 45.7 Å². The van der Waals surface area contributed by atoms with E-state index in [9.17, 15) is 4.79 Å². The third kappa shape index (κ3) is 4.08. The van der Waals surface area contributed by atoms with Crippen molar-refractivity contribution in [2.45, 2.75) is 18.9 Å². The minimum Gasteiger partial charge on any atom is -0.359 e. The summed E-state index contributed by atoms with van der Waals surface area (Å²) in [5.41, 5.74) is 5.77. The summed E-state index contributed by atoms with van der Waals surface area (Å²) in [6.07, 6.45) is 1.53. The van der Waals surface area contributed by atoms with E-state index in [4.69, 9.17) is 5.73 Å². The number of amides is 1. The van der Waals surface area contributed by atoms with Crippen LogP contribution in [0.1, 0.15) is 12.8 Å². The predicted octanol–water partition coefficient (Wildman–Crippen LogP) is -0.913. The van der Waals surface area contributed by atoms with Crippen LogP contribution in [-0.4, -0.2) is 68.6 Å². The maximum atomic E-state index is 11.1. The van der Waals surface area contributed by atoms with Crippen molar-refractivity contribution in [3.8, 4) is 0 Å². The minimum absolute atomic E-state index is 0.124. The van der Waals surface area contributed by atoms with Crippen LogP contribution in [-0.2, 0) is 4.79 Å².